The second kappa shape index (κ2) is 7.22. The zero-order chi connectivity index (χ0) is 18.0. The van der Waals surface area contributed by atoms with E-state index in [0.717, 1.165) is 36.5 Å². The predicted molar refractivity (Wildman–Crippen MR) is 112 cm³/mol. The molecule has 2 N–H and O–H groups in total. The summed E-state index contributed by atoms with van der Waals surface area (Å²) < 4.78 is 11.3. The highest BCUT2D eigenvalue weighted by Gasteiger charge is 2.29. The third kappa shape index (κ3) is 3.40. The van der Waals surface area contributed by atoms with Gasteiger partial charge in [0.05, 0.1) is 11.4 Å². The summed E-state index contributed by atoms with van der Waals surface area (Å²) in [5, 5.41) is 10.2. The van der Waals surface area contributed by atoms with E-state index in [1.807, 2.05) is 24.3 Å². The van der Waals surface area contributed by atoms with Gasteiger partial charge < -0.3 is 14.7 Å². The molecule has 26 heavy (non-hydrogen) atoms. The van der Waals surface area contributed by atoms with E-state index >= 15 is 0 Å². The molecule has 1 heterocycles. The maximum Gasteiger partial charge on any atom is 0.326 e. The Labute approximate surface area is 158 Å². The Kier molecular flexibility index (Phi) is 4.80. The van der Waals surface area contributed by atoms with Crippen LogP contribution in [0.3, 0.4) is 0 Å². The molecule has 3 aromatic rings. The highest BCUT2D eigenvalue weighted by molar-refractivity contribution is 7.65. The van der Waals surface area contributed by atoms with Crippen molar-refractivity contribution in [2.24, 2.45) is 4.74 Å². The van der Waals surface area contributed by atoms with Crippen molar-refractivity contribution in [3.05, 3.63) is 65.7 Å². The molecule has 0 amide bonds. The van der Waals surface area contributed by atoms with Crippen molar-refractivity contribution in [3.8, 4) is 5.75 Å². The summed E-state index contributed by atoms with van der Waals surface area (Å²) in [5.41, 5.74) is 2.11. The molecule has 1 aliphatic rings. The summed E-state index contributed by atoms with van der Waals surface area (Å²) in [5.74, 6) is 0.745. The van der Waals surface area contributed by atoms with E-state index in [4.69, 9.17) is 20.9 Å². The Bertz CT molecular complexity index is 943. The number of anilines is 2. The van der Waals surface area contributed by atoms with Crippen LogP contribution in [0.15, 0.2) is 65.4 Å². The molecule has 0 saturated heterocycles. The van der Waals surface area contributed by atoms with Crippen molar-refractivity contribution in [2.45, 2.75) is 19.8 Å². The number of nitrogens with one attached hydrogen (secondary N) is 2. The van der Waals surface area contributed by atoms with Gasteiger partial charge in [-0.1, -0.05) is 49.2 Å². The van der Waals surface area contributed by atoms with Crippen molar-refractivity contribution in [1.82, 2.24) is 0 Å². The minimum absolute atomic E-state index is 0.687. The van der Waals surface area contributed by atoms with Crippen LogP contribution < -0.4 is 14.7 Å². The van der Waals surface area contributed by atoms with E-state index in [-0.39, 0.29) is 0 Å². The molecule has 4 rings (SSSR count). The van der Waals surface area contributed by atoms with Gasteiger partial charge in [-0.3, -0.25) is 0 Å². The topological polar surface area (TPSA) is 45.6 Å². The molecule has 0 radical (unpaired) electrons. The van der Waals surface area contributed by atoms with Gasteiger partial charge in [0.25, 0.3) is 0 Å². The first-order valence-corrected chi connectivity index (χ1v) is 10.8. The average Bonchev–Trinajstić information content (AvgIpc) is 2.64. The lowest BCUT2D eigenvalue weighted by Gasteiger charge is -2.33. The van der Waals surface area contributed by atoms with Crippen LogP contribution in [0.25, 0.3) is 10.8 Å². The van der Waals surface area contributed by atoms with Gasteiger partial charge in [-0.2, -0.15) is 0 Å². The van der Waals surface area contributed by atoms with E-state index in [2.05, 4.69) is 53.5 Å². The summed E-state index contributed by atoms with van der Waals surface area (Å²) in [6, 6.07) is 19.9. The first-order chi connectivity index (χ1) is 12.7. The minimum atomic E-state index is -2.47. The number of hydrogen-bond acceptors (Lipinski definition) is 2. The van der Waals surface area contributed by atoms with Crippen molar-refractivity contribution >= 4 is 41.3 Å². The van der Waals surface area contributed by atoms with Gasteiger partial charge in [0.1, 0.15) is 5.75 Å². The molecule has 0 bridgehead atoms. The Morgan fingerprint density at radius 3 is 2.23 bits per heavy atom. The molecule has 0 aliphatic carbocycles. The van der Waals surface area contributed by atoms with Gasteiger partial charge in [-0.05, 0) is 48.2 Å². The van der Waals surface area contributed by atoms with Gasteiger partial charge in [0.15, 0.2) is 0 Å². The quantitative estimate of drug-likeness (QED) is 0.362. The fourth-order valence-electron chi connectivity index (χ4n) is 3.04. The molecular weight excluding hydrogens is 365 g/mol. The van der Waals surface area contributed by atoms with Crippen LogP contribution in [0.4, 0.5) is 11.4 Å². The van der Waals surface area contributed by atoms with E-state index in [0.29, 0.717) is 5.02 Å². The molecule has 3 aromatic carbocycles. The second-order valence-electron chi connectivity index (χ2n) is 6.27. The smallest absolute Gasteiger partial charge is 0.326 e. The summed E-state index contributed by atoms with van der Waals surface area (Å²) in [7, 11) is -2.47. The molecule has 0 atom stereocenters. The third-order valence-electron chi connectivity index (χ3n) is 4.31. The summed E-state index contributed by atoms with van der Waals surface area (Å²) in [6.45, 7) is 2.91. The molecule has 0 unspecified atom stereocenters. The van der Waals surface area contributed by atoms with E-state index < -0.39 is 7.58 Å². The van der Waals surface area contributed by atoms with Crippen molar-refractivity contribution in [2.75, 3.05) is 16.7 Å². The van der Waals surface area contributed by atoms with Crippen molar-refractivity contribution in [1.29, 1.82) is 0 Å². The van der Waals surface area contributed by atoms with Crippen LogP contribution in [0.1, 0.15) is 19.8 Å². The van der Waals surface area contributed by atoms with Crippen molar-refractivity contribution < 1.29 is 4.52 Å². The van der Waals surface area contributed by atoms with Crippen LogP contribution in [-0.4, -0.2) is 6.54 Å². The first kappa shape index (κ1) is 17.3. The van der Waals surface area contributed by atoms with E-state index in [9.17, 15) is 0 Å². The maximum absolute atomic E-state index is 6.40. The molecule has 0 saturated carbocycles. The predicted octanol–water partition coefficient (Wildman–Crippen LogP) is 7.16. The fraction of sp³-hybridized carbons (Fsp3) is 0.200. The maximum atomic E-state index is 6.40. The average molecular weight is 386 g/mol. The normalized spacial score (nSPS) is 14.4. The van der Waals surface area contributed by atoms with Gasteiger partial charge in [0, 0.05) is 17.0 Å². The Morgan fingerprint density at radius 1 is 0.962 bits per heavy atom. The molecule has 0 aromatic heterocycles. The Morgan fingerprint density at radius 2 is 1.62 bits per heavy atom. The fourth-order valence-corrected chi connectivity index (χ4v) is 5.39. The molecule has 0 fully saturated rings. The van der Waals surface area contributed by atoms with Crippen LogP contribution in [0.2, 0.25) is 5.02 Å². The molecular formula is C20H21ClN3OP. The summed E-state index contributed by atoms with van der Waals surface area (Å²) in [4.78, 5) is 0. The molecule has 6 heteroatoms. The Hall–Kier alpha value is -2.16. The second-order valence-corrected chi connectivity index (χ2v) is 8.77. The van der Waals surface area contributed by atoms with Crippen LogP contribution in [0.5, 0.6) is 5.75 Å². The monoisotopic (exact) mass is 385 g/mol. The van der Waals surface area contributed by atoms with Crippen LogP contribution in [-0.2, 0) is 0 Å². The lowest BCUT2D eigenvalue weighted by molar-refractivity contribution is 0.607. The lowest BCUT2D eigenvalue weighted by Crippen LogP contribution is -2.17. The van der Waals surface area contributed by atoms with Gasteiger partial charge in [-0.15, -0.1) is 0 Å². The molecule has 1 aliphatic heterocycles. The summed E-state index contributed by atoms with van der Waals surface area (Å²) >= 11 is 6.01. The number of benzene rings is 3. The number of rotatable bonds is 5. The standard InChI is InChI=1S/C20H21ClN3OP/c1-2-3-14-22-26(25-17-12-10-16(21)11-13-17)23-18-8-4-6-15-7-5-9-19(24-26)20(15)18/h4-13,23-24H,2-3,14H2,1H3. The first-order valence-electron chi connectivity index (χ1n) is 8.81. The van der Waals surface area contributed by atoms with Gasteiger partial charge in [-0.25, -0.2) is 4.74 Å². The van der Waals surface area contributed by atoms with Crippen LogP contribution in [0, 0.1) is 0 Å². The van der Waals surface area contributed by atoms with E-state index in [1.54, 1.807) is 0 Å². The molecule has 134 valence electrons. The third-order valence-corrected chi connectivity index (χ3v) is 6.72. The van der Waals surface area contributed by atoms with E-state index in [1.165, 1.54) is 10.8 Å². The number of nitrogens with zero attached hydrogens (tertiary/aromatic N) is 1. The number of halogens is 1. The Balaban J connectivity index is 1.77. The van der Waals surface area contributed by atoms with Gasteiger partial charge in [0.2, 0.25) is 0 Å². The largest absolute Gasteiger partial charge is 0.428 e. The zero-order valence-corrected chi connectivity index (χ0v) is 16.2. The zero-order valence-electron chi connectivity index (χ0n) is 14.6. The lowest BCUT2D eigenvalue weighted by atomic mass is 10.1. The number of unbranched alkanes of at least 4 members (excludes halogenated alkanes) is 1. The highest BCUT2D eigenvalue weighted by atomic mass is 35.5. The number of hydrogen-bond donors (Lipinski definition) is 2. The van der Waals surface area contributed by atoms with Gasteiger partial charge >= 0.3 is 7.58 Å². The molecule has 0 spiro atoms. The highest BCUT2D eigenvalue weighted by Crippen LogP contribution is 2.56. The SMILES string of the molecule is CCCCN=P1(Oc2ccc(Cl)cc2)Nc2cccc3cccc(c23)N1. The molecule has 4 nitrogen and oxygen atoms in total. The van der Waals surface area contributed by atoms with Crippen LogP contribution >= 0.6 is 19.2 Å². The minimum Gasteiger partial charge on any atom is -0.428 e. The van der Waals surface area contributed by atoms with Crippen molar-refractivity contribution in [3.63, 3.8) is 0 Å². The summed E-state index contributed by atoms with van der Waals surface area (Å²) in [6.07, 6.45) is 2.12.